The van der Waals surface area contributed by atoms with Crippen molar-refractivity contribution in [3.8, 4) is 0 Å². The standard InChI is InChI=1S/C9H7ClN4O2S2/c1-4-3-17-9(11-4)18-7-6(14(15)16)5(2)12-8(10)13-7/h3H,1-2H3. The maximum Gasteiger partial charge on any atom is 0.322 e. The van der Waals surface area contributed by atoms with E-state index in [-0.39, 0.29) is 21.7 Å². The van der Waals surface area contributed by atoms with Crippen LogP contribution in [0.15, 0.2) is 14.7 Å². The monoisotopic (exact) mass is 302 g/mol. The van der Waals surface area contributed by atoms with Gasteiger partial charge in [0.25, 0.3) is 0 Å². The lowest BCUT2D eigenvalue weighted by atomic mass is 10.4. The summed E-state index contributed by atoms with van der Waals surface area (Å²) < 4.78 is 0.685. The molecular formula is C9H7ClN4O2S2. The molecular weight excluding hydrogens is 296 g/mol. The van der Waals surface area contributed by atoms with Gasteiger partial charge in [0.05, 0.1) is 4.92 Å². The normalized spacial score (nSPS) is 10.6. The summed E-state index contributed by atoms with van der Waals surface area (Å²) in [6, 6.07) is 0. The minimum Gasteiger partial charge on any atom is -0.258 e. The molecule has 0 aromatic carbocycles. The van der Waals surface area contributed by atoms with Crippen LogP contribution in [0.2, 0.25) is 5.28 Å². The van der Waals surface area contributed by atoms with Crippen LogP contribution >= 0.6 is 34.7 Å². The highest BCUT2D eigenvalue weighted by atomic mass is 35.5. The number of aromatic nitrogens is 3. The number of thiazole rings is 1. The lowest BCUT2D eigenvalue weighted by Crippen LogP contribution is -2.00. The van der Waals surface area contributed by atoms with E-state index in [9.17, 15) is 10.1 Å². The smallest absolute Gasteiger partial charge is 0.258 e. The van der Waals surface area contributed by atoms with Crippen molar-refractivity contribution >= 4 is 40.4 Å². The summed E-state index contributed by atoms with van der Waals surface area (Å²) in [6.07, 6.45) is 0. The predicted octanol–water partition coefficient (Wildman–Crippen LogP) is 3.26. The van der Waals surface area contributed by atoms with Gasteiger partial charge in [0.15, 0.2) is 9.37 Å². The third-order valence-corrected chi connectivity index (χ3v) is 4.17. The first kappa shape index (κ1) is 13.2. The molecule has 0 N–H and O–H groups in total. The van der Waals surface area contributed by atoms with Gasteiger partial charge in [0.1, 0.15) is 5.69 Å². The Labute approximate surface area is 116 Å². The molecule has 0 fully saturated rings. The number of hydrogen-bond acceptors (Lipinski definition) is 7. The van der Waals surface area contributed by atoms with Crippen molar-refractivity contribution in [3.05, 3.63) is 32.2 Å². The molecule has 0 aliphatic heterocycles. The Bertz CT molecular complexity index is 617. The highest BCUT2D eigenvalue weighted by Gasteiger charge is 2.23. The first-order valence-corrected chi connectivity index (χ1v) is 6.83. The maximum absolute atomic E-state index is 11.0. The average Bonchev–Trinajstić information content (AvgIpc) is 2.62. The van der Waals surface area contributed by atoms with Gasteiger partial charge in [-0.1, -0.05) is 0 Å². The summed E-state index contributed by atoms with van der Waals surface area (Å²) in [5, 5.41) is 13.1. The number of rotatable bonds is 3. The number of hydrogen-bond donors (Lipinski definition) is 0. The SMILES string of the molecule is Cc1csc(Sc2nc(Cl)nc(C)c2[N+](=O)[O-])n1. The molecule has 0 atom stereocenters. The first-order valence-electron chi connectivity index (χ1n) is 4.76. The van der Waals surface area contributed by atoms with E-state index in [1.165, 1.54) is 18.3 Å². The summed E-state index contributed by atoms with van der Waals surface area (Å²) in [6.45, 7) is 3.38. The molecule has 0 unspecified atom stereocenters. The molecule has 94 valence electrons. The van der Waals surface area contributed by atoms with E-state index < -0.39 is 4.92 Å². The second-order valence-electron chi connectivity index (χ2n) is 3.35. The minimum atomic E-state index is -0.505. The molecule has 0 aliphatic rings. The molecule has 9 heteroatoms. The van der Waals surface area contributed by atoms with Crippen LogP contribution in [0.4, 0.5) is 5.69 Å². The molecule has 0 bridgehead atoms. The highest BCUT2D eigenvalue weighted by molar-refractivity contribution is 8.01. The fraction of sp³-hybridized carbons (Fsp3) is 0.222. The van der Waals surface area contributed by atoms with Crippen LogP contribution in [0.1, 0.15) is 11.4 Å². The van der Waals surface area contributed by atoms with Crippen molar-refractivity contribution < 1.29 is 4.92 Å². The van der Waals surface area contributed by atoms with E-state index in [1.54, 1.807) is 0 Å². The molecule has 2 rings (SSSR count). The van der Waals surface area contributed by atoms with Crippen molar-refractivity contribution in [2.45, 2.75) is 23.2 Å². The number of halogens is 1. The number of aryl methyl sites for hydroxylation is 2. The summed E-state index contributed by atoms with van der Waals surface area (Å²) >= 11 is 8.25. The number of nitro groups is 1. The van der Waals surface area contributed by atoms with Gasteiger partial charge in [-0.2, -0.15) is 0 Å². The van der Waals surface area contributed by atoms with Crippen LogP contribution in [-0.2, 0) is 0 Å². The zero-order valence-corrected chi connectivity index (χ0v) is 11.8. The van der Waals surface area contributed by atoms with E-state index in [0.29, 0.717) is 4.34 Å². The molecule has 18 heavy (non-hydrogen) atoms. The Morgan fingerprint density at radius 1 is 1.39 bits per heavy atom. The zero-order valence-electron chi connectivity index (χ0n) is 9.38. The van der Waals surface area contributed by atoms with E-state index in [2.05, 4.69) is 15.0 Å². The van der Waals surface area contributed by atoms with Gasteiger partial charge in [-0.3, -0.25) is 10.1 Å². The summed E-state index contributed by atoms with van der Waals surface area (Å²) in [5.41, 5.74) is 0.982. The Kier molecular flexibility index (Phi) is 3.79. The van der Waals surface area contributed by atoms with E-state index in [1.807, 2.05) is 12.3 Å². The summed E-state index contributed by atoms with van der Waals surface area (Å²) in [4.78, 5) is 22.4. The lowest BCUT2D eigenvalue weighted by Gasteiger charge is -2.02. The Balaban J connectivity index is 2.45. The van der Waals surface area contributed by atoms with E-state index >= 15 is 0 Å². The third-order valence-electron chi connectivity index (χ3n) is 1.96. The van der Waals surface area contributed by atoms with E-state index in [0.717, 1.165) is 17.5 Å². The third kappa shape index (κ3) is 2.77. The molecule has 2 aromatic heterocycles. The fourth-order valence-corrected chi connectivity index (χ4v) is 3.41. The second-order valence-corrected chi connectivity index (χ2v) is 5.78. The van der Waals surface area contributed by atoms with Crippen LogP contribution in [0.3, 0.4) is 0 Å². The van der Waals surface area contributed by atoms with Gasteiger partial charge in [-0.05, 0) is 37.2 Å². The summed E-state index contributed by atoms with van der Waals surface area (Å²) in [7, 11) is 0. The first-order chi connectivity index (χ1) is 8.47. The summed E-state index contributed by atoms with van der Waals surface area (Å²) in [5.74, 6) is 0. The minimum absolute atomic E-state index is 0.00567. The van der Waals surface area contributed by atoms with Crippen molar-refractivity contribution in [2.24, 2.45) is 0 Å². The van der Waals surface area contributed by atoms with Gasteiger partial charge < -0.3 is 0 Å². The molecule has 0 amide bonds. The molecule has 2 aromatic rings. The Morgan fingerprint density at radius 3 is 2.67 bits per heavy atom. The van der Waals surface area contributed by atoms with Crippen LogP contribution in [-0.4, -0.2) is 19.9 Å². The van der Waals surface area contributed by atoms with Crippen LogP contribution in [0.5, 0.6) is 0 Å². The molecule has 0 radical (unpaired) electrons. The van der Waals surface area contributed by atoms with Crippen molar-refractivity contribution in [1.82, 2.24) is 15.0 Å². The van der Waals surface area contributed by atoms with Gasteiger partial charge in [0.2, 0.25) is 5.28 Å². The zero-order chi connectivity index (χ0) is 13.3. The second kappa shape index (κ2) is 5.17. The van der Waals surface area contributed by atoms with Crippen molar-refractivity contribution in [1.29, 1.82) is 0 Å². The van der Waals surface area contributed by atoms with Crippen molar-refractivity contribution in [3.63, 3.8) is 0 Å². The van der Waals surface area contributed by atoms with Crippen molar-refractivity contribution in [2.75, 3.05) is 0 Å². The van der Waals surface area contributed by atoms with E-state index in [4.69, 9.17) is 11.6 Å². The molecule has 0 spiro atoms. The van der Waals surface area contributed by atoms with Gasteiger partial charge >= 0.3 is 5.69 Å². The van der Waals surface area contributed by atoms with Crippen LogP contribution < -0.4 is 0 Å². The predicted molar refractivity (Wildman–Crippen MR) is 69.4 cm³/mol. The van der Waals surface area contributed by atoms with Gasteiger partial charge in [-0.25, -0.2) is 15.0 Å². The van der Waals surface area contributed by atoms with Crippen LogP contribution in [0, 0.1) is 24.0 Å². The van der Waals surface area contributed by atoms with Gasteiger partial charge in [-0.15, -0.1) is 11.3 Å². The largest absolute Gasteiger partial charge is 0.322 e. The Morgan fingerprint density at radius 2 is 2.11 bits per heavy atom. The van der Waals surface area contributed by atoms with Gasteiger partial charge in [0, 0.05) is 11.1 Å². The topological polar surface area (TPSA) is 81.8 Å². The maximum atomic E-state index is 11.0. The lowest BCUT2D eigenvalue weighted by molar-refractivity contribution is -0.389. The quantitative estimate of drug-likeness (QED) is 0.374. The molecule has 0 saturated heterocycles. The Hall–Kier alpha value is -1.25. The fourth-order valence-electron chi connectivity index (χ4n) is 1.25. The average molecular weight is 303 g/mol. The highest BCUT2D eigenvalue weighted by Crippen LogP contribution is 2.36. The molecule has 6 nitrogen and oxygen atoms in total. The van der Waals surface area contributed by atoms with Crippen LogP contribution in [0.25, 0.3) is 0 Å². The number of nitrogens with zero attached hydrogens (tertiary/aromatic N) is 4. The molecule has 0 saturated carbocycles. The molecule has 2 heterocycles. The molecule has 0 aliphatic carbocycles.